The smallest absolute Gasteiger partial charge is 0.416 e. The van der Waals surface area contributed by atoms with Crippen LogP contribution in [0.25, 0.3) is 0 Å². The molecule has 1 N–H and O–H groups in total. The van der Waals surface area contributed by atoms with Crippen LogP contribution in [0.4, 0.5) is 18.9 Å². The second-order valence-corrected chi connectivity index (χ2v) is 5.45. The van der Waals surface area contributed by atoms with E-state index in [0.717, 1.165) is 12.1 Å². The molecule has 0 aliphatic carbocycles. The van der Waals surface area contributed by atoms with Crippen LogP contribution in [-0.4, -0.2) is 19.1 Å². The highest BCUT2D eigenvalue weighted by Gasteiger charge is 2.30. The van der Waals surface area contributed by atoms with Crippen molar-refractivity contribution in [2.75, 3.05) is 18.5 Å². The summed E-state index contributed by atoms with van der Waals surface area (Å²) in [5.74, 6) is 0.581. The van der Waals surface area contributed by atoms with Crippen molar-refractivity contribution in [3.63, 3.8) is 0 Å². The fourth-order valence-corrected chi connectivity index (χ4v) is 2.38. The van der Waals surface area contributed by atoms with Gasteiger partial charge < -0.3 is 14.8 Å². The minimum Gasteiger partial charge on any atom is -0.494 e. The summed E-state index contributed by atoms with van der Waals surface area (Å²) < 4.78 is 49.2. The average molecular weight is 367 g/mol. The normalized spacial score (nSPS) is 11.1. The molecule has 7 heteroatoms. The Morgan fingerprint density at radius 2 is 1.77 bits per heavy atom. The lowest BCUT2D eigenvalue weighted by molar-refractivity contribution is -0.137. The molecule has 26 heavy (non-hydrogen) atoms. The zero-order valence-electron chi connectivity index (χ0n) is 14.5. The number of carbonyl (C=O) groups is 1. The molecule has 0 spiro atoms. The standard InChI is InChI=1S/C19H20F3NO3/c1-3-25-15-8-9-17(26-4-2)16(12-15)23-18(24)11-13-6-5-7-14(10-13)19(20,21)22/h5-10,12H,3-4,11H2,1-2H3,(H,23,24). The van der Waals surface area contributed by atoms with Crippen molar-refractivity contribution in [3.05, 3.63) is 53.6 Å². The summed E-state index contributed by atoms with van der Waals surface area (Å²) in [7, 11) is 0. The number of carbonyl (C=O) groups excluding carboxylic acids is 1. The van der Waals surface area contributed by atoms with E-state index in [1.165, 1.54) is 12.1 Å². The van der Waals surface area contributed by atoms with Crippen LogP contribution in [0.2, 0.25) is 0 Å². The SMILES string of the molecule is CCOc1ccc(OCC)c(NC(=O)Cc2cccc(C(F)(F)F)c2)c1. The van der Waals surface area contributed by atoms with Gasteiger partial charge >= 0.3 is 6.18 Å². The topological polar surface area (TPSA) is 47.6 Å². The molecule has 2 aromatic carbocycles. The van der Waals surface area contributed by atoms with Gasteiger partial charge in [-0.3, -0.25) is 4.79 Å². The first kappa shape index (κ1) is 19.6. The predicted molar refractivity (Wildman–Crippen MR) is 92.6 cm³/mol. The second kappa shape index (κ2) is 8.60. The van der Waals surface area contributed by atoms with Crippen molar-refractivity contribution in [2.24, 2.45) is 0 Å². The predicted octanol–water partition coefficient (Wildman–Crippen LogP) is 4.68. The Kier molecular flexibility index (Phi) is 6.49. The molecule has 0 aliphatic rings. The van der Waals surface area contributed by atoms with Crippen molar-refractivity contribution < 1.29 is 27.4 Å². The summed E-state index contributed by atoms with van der Waals surface area (Å²) in [5, 5.41) is 2.68. The van der Waals surface area contributed by atoms with Crippen LogP contribution < -0.4 is 14.8 Å². The molecule has 0 atom stereocenters. The number of hydrogen-bond acceptors (Lipinski definition) is 3. The third kappa shape index (κ3) is 5.40. The van der Waals surface area contributed by atoms with Gasteiger partial charge in [-0.2, -0.15) is 13.2 Å². The number of anilines is 1. The van der Waals surface area contributed by atoms with E-state index >= 15 is 0 Å². The van der Waals surface area contributed by atoms with Gasteiger partial charge in [0.15, 0.2) is 0 Å². The largest absolute Gasteiger partial charge is 0.494 e. The Bertz CT molecular complexity index is 760. The van der Waals surface area contributed by atoms with E-state index in [1.54, 1.807) is 18.2 Å². The minimum atomic E-state index is -4.44. The number of amides is 1. The lowest BCUT2D eigenvalue weighted by Gasteiger charge is -2.14. The molecule has 2 aromatic rings. The van der Waals surface area contributed by atoms with E-state index in [0.29, 0.717) is 30.4 Å². The third-order valence-corrected chi connectivity index (χ3v) is 3.45. The van der Waals surface area contributed by atoms with E-state index in [1.807, 2.05) is 13.8 Å². The van der Waals surface area contributed by atoms with Crippen LogP contribution in [0.3, 0.4) is 0 Å². The van der Waals surface area contributed by atoms with Crippen molar-refractivity contribution in [1.29, 1.82) is 0 Å². The molecule has 0 aromatic heterocycles. The van der Waals surface area contributed by atoms with Gasteiger partial charge in [0.25, 0.3) is 0 Å². The number of benzene rings is 2. The number of halogens is 3. The fourth-order valence-electron chi connectivity index (χ4n) is 2.38. The summed E-state index contributed by atoms with van der Waals surface area (Å²) in [6, 6.07) is 9.73. The first-order valence-electron chi connectivity index (χ1n) is 8.19. The Hall–Kier alpha value is -2.70. The monoisotopic (exact) mass is 367 g/mol. The summed E-state index contributed by atoms with van der Waals surface area (Å²) in [5.41, 5.74) is -0.0952. The van der Waals surface area contributed by atoms with Crippen LogP contribution in [0.1, 0.15) is 25.0 Å². The molecule has 4 nitrogen and oxygen atoms in total. The zero-order valence-corrected chi connectivity index (χ0v) is 14.5. The maximum Gasteiger partial charge on any atom is 0.416 e. The van der Waals surface area contributed by atoms with Gasteiger partial charge in [-0.05, 0) is 37.6 Å². The van der Waals surface area contributed by atoms with E-state index in [2.05, 4.69) is 5.32 Å². The fraction of sp³-hybridized carbons (Fsp3) is 0.316. The Morgan fingerprint density at radius 1 is 1.04 bits per heavy atom. The quantitative estimate of drug-likeness (QED) is 0.773. The first-order valence-corrected chi connectivity index (χ1v) is 8.19. The molecule has 0 aliphatic heterocycles. The number of ether oxygens (including phenoxy) is 2. The van der Waals surface area contributed by atoms with E-state index in [4.69, 9.17) is 9.47 Å². The summed E-state index contributed by atoms with van der Waals surface area (Å²) in [4.78, 5) is 12.3. The highest BCUT2D eigenvalue weighted by molar-refractivity contribution is 5.94. The summed E-state index contributed by atoms with van der Waals surface area (Å²) in [6.45, 7) is 4.52. The van der Waals surface area contributed by atoms with Gasteiger partial charge in [0.1, 0.15) is 11.5 Å². The van der Waals surface area contributed by atoms with Crippen molar-refractivity contribution in [3.8, 4) is 11.5 Å². The van der Waals surface area contributed by atoms with Gasteiger partial charge in [0, 0.05) is 6.07 Å². The summed E-state index contributed by atoms with van der Waals surface area (Å²) >= 11 is 0. The molecule has 0 radical (unpaired) electrons. The molecule has 0 unspecified atom stereocenters. The molecule has 0 saturated heterocycles. The number of nitrogens with one attached hydrogen (secondary N) is 1. The Labute approximate surface area is 149 Å². The molecular formula is C19H20F3NO3. The van der Waals surface area contributed by atoms with Gasteiger partial charge in [-0.15, -0.1) is 0 Å². The highest BCUT2D eigenvalue weighted by Crippen LogP contribution is 2.31. The van der Waals surface area contributed by atoms with Crippen LogP contribution in [0.15, 0.2) is 42.5 Å². The lowest BCUT2D eigenvalue weighted by atomic mass is 10.1. The van der Waals surface area contributed by atoms with Crippen LogP contribution in [0, 0.1) is 0 Å². The first-order chi connectivity index (χ1) is 12.3. The maximum absolute atomic E-state index is 12.8. The lowest BCUT2D eigenvalue weighted by Crippen LogP contribution is -2.16. The zero-order chi connectivity index (χ0) is 19.2. The van der Waals surface area contributed by atoms with Crippen LogP contribution in [-0.2, 0) is 17.4 Å². The van der Waals surface area contributed by atoms with Gasteiger partial charge in [0.05, 0.1) is 30.9 Å². The molecule has 0 bridgehead atoms. The Balaban J connectivity index is 2.15. The molecule has 2 rings (SSSR count). The van der Waals surface area contributed by atoms with Crippen molar-refractivity contribution in [2.45, 2.75) is 26.4 Å². The summed E-state index contributed by atoms with van der Waals surface area (Å²) in [6.07, 6.45) is -4.63. The number of alkyl halides is 3. The molecule has 0 saturated carbocycles. The maximum atomic E-state index is 12.8. The average Bonchev–Trinajstić information content (AvgIpc) is 2.57. The van der Waals surface area contributed by atoms with Gasteiger partial charge in [-0.25, -0.2) is 0 Å². The Morgan fingerprint density at radius 3 is 2.42 bits per heavy atom. The molecular weight excluding hydrogens is 347 g/mol. The number of rotatable bonds is 7. The van der Waals surface area contributed by atoms with Crippen molar-refractivity contribution in [1.82, 2.24) is 0 Å². The van der Waals surface area contributed by atoms with Gasteiger partial charge in [-0.1, -0.05) is 18.2 Å². The van der Waals surface area contributed by atoms with E-state index in [-0.39, 0.29) is 12.0 Å². The second-order valence-electron chi connectivity index (χ2n) is 5.45. The minimum absolute atomic E-state index is 0.186. The number of hydrogen-bond donors (Lipinski definition) is 1. The highest BCUT2D eigenvalue weighted by atomic mass is 19.4. The third-order valence-electron chi connectivity index (χ3n) is 3.45. The van der Waals surface area contributed by atoms with Gasteiger partial charge in [0.2, 0.25) is 5.91 Å². The van der Waals surface area contributed by atoms with E-state index < -0.39 is 17.6 Å². The molecule has 1 amide bonds. The molecule has 140 valence electrons. The van der Waals surface area contributed by atoms with Crippen LogP contribution in [0.5, 0.6) is 11.5 Å². The molecule has 0 heterocycles. The van der Waals surface area contributed by atoms with Crippen LogP contribution >= 0.6 is 0 Å². The van der Waals surface area contributed by atoms with E-state index in [9.17, 15) is 18.0 Å². The molecule has 0 fully saturated rings. The van der Waals surface area contributed by atoms with Crippen molar-refractivity contribution >= 4 is 11.6 Å².